The number of hydrogen-bond acceptors (Lipinski definition) is 2. The van der Waals surface area contributed by atoms with Crippen LogP contribution in [0.4, 0.5) is 4.39 Å². The number of nitrogens with one attached hydrogen (secondary N) is 1. The van der Waals surface area contributed by atoms with Gasteiger partial charge in [-0.1, -0.05) is 6.07 Å². The third kappa shape index (κ3) is 2.67. The van der Waals surface area contributed by atoms with Gasteiger partial charge in [0.25, 0.3) is 0 Å². The predicted molar refractivity (Wildman–Crippen MR) is 51.5 cm³/mol. The topological polar surface area (TPSA) is 42.0 Å². The molecule has 0 saturated heterocycles. The van der Waals surface area contributed by atoms with E-state index >= 15 is 0 Å². The average molecular weight is 217 g/mol. The van der Waals surface area contributed by atoms with E-state index in [1.165, 1.54) is 6.20 Å². The first kappa shape index (κ1) is 10.9. The van der Waals surface area contributed by atoms with Crippen molar-refractivity contribution in [1.29, 1.82) is 0 Å². The van der Waals surface area contributed by atoms with Crippen molar-refractivity contribution in [3.05, 3.63) is 29.8 Å². The van der Waals surface area contributed by atoms with Gasteiger partial charge in [0, 0.05) is 11.8 Å². The summed E-state index contributed by atoms with van der Waals surface area (Å²) < 4.78 is 13.1. The van der Waals surface area contributed by atoms with E-state index in [0.29, 0.717) is 5.56 Å². The fourth-order valence-electron chi connectivity index (χ4n) is 1.08. The maximum absolute atomic E-state index is 13.1. The Morgan fingerprint density at radius 3 is 3.07 bits per heavy atom. The van der Waals surface area contributed by atoms with Gasteiger partial charge in [0.1, 0.15) is 5.88 Å². The van der Waals surface area contributed by atoms with Gasteiger partial charge in [0.05, 0.1) is 6.04 Å². The Bertz CT molecular complexity index is 332. The van der Waals surface area contributed by atoms with Crippen LogP contribution < -0.4 is 5.32 Å². The van der Waals surface area contributed by atoms with Crippen LogP contribution in [0.3, 0.4) is 0 Å². The smallest absolute Gasteiger partial charge is 0.235 e. The van der Waals surface area contributed by atoms with Gasteiger partial charge < -0.3 is 5.32 Å². The zero-order chi connectivity index (χ0) is 10.6. The van der Waals surface area contributed by atoms with E-state index in [1.807, 2.05) is 0 Å². The quantitative estimate of drug-likeness (QED) is 0.617. The molecule has 0 spiro atoms. The predicted octanol–water partition coefficient (Wildman–Crippen LogP) is 1.64. The Hall–Kier alpha value is -1.16. The Morgan fingerprint density at radius 2 is 2.50 bits per heavy atom. The van der Waals surface area contributed by atoms with Gasteiger partial charge in [-0.15, -0.1) is 11.6 Å². The van der Waals surface area contributed by atoms with Gasteiger partial charge in [0.15, 0.2) is 0 Å². The molecule has 0 aliphatic rings. The molecule has 0 aliphatic heterocycles. The molecule has 1 aromatic rings. The van der Waals surface area contributed by atoms with Gasteiger partial charge in [-0.25, -0.2) is 4.98 Å². The van der Waals surface area contributed by atoms with Crippen molar-refractivity contribution >= 4 is 17.5 Å². The SMILES string of the molecule is C[C@@H](NC(=O)CCl)c1cccnc1F. The second-order valence-electron chi connectivity index (χ2n) is 2.81. The molecule has 14 heavy (non-hydrogen) atoms. The number of carbonyl (C=O) groups excluding carboxylic acids is 1. The van der Waals surface area contributed by atoms with Crippen LogP contribution in [0.5, 0.6) is 0 Å². The van der Waals surface area contributed by atoms with E-state index < -0.39 is 12.0 Å². The van der Waals surface area contributed by atoms with E-state index in [1.54, 1.807) is 19.1 Å². The molecule has 1 heterocycles. The van der Waals surface area contributed by atoms with Crippen molar-refractivity contribution in [2.75, 3.05) is 5.88 Å². The highest BCUT2D eigenvalue weighted by Crippen LogP contribution is 2.13. The molecule has 3 nitrogen and oxygen atoms in total. The Labute approximate surface area is 86.3 Å². The Morgan fingerprint density at radius 1 is 1.79 bits per heavy atom. The summed E-state index contributed by atoms with van der Waals surface area (Å²) in [4.78, 5) is 14.4. The van der Waals surface area contributed by atoms with Gasteiger partial charge in [0.2, 0.25) is 11.9 Å². The van der Waals surface area contributed by atoms with Crippen LogP contribution in [0.1, 0.15) is 18.5 Å². The number of alkyl halides is 1. The van der Waals surface area contributed by atoms with Gasteiger partial charge >= 0.3 is 0 Å². The first-order chi connectivity index (χ1) is 6.65. The molecule has 1 amide bonds. The largest absolute Gasteiger partial charge is 0.348 e. The van der Waals surface area contributed by atoms with Crippen LogP contribution in [0.25, 0.3) is 0 Å². The summed E-state index contributed by atoms with van der Waals surface area (Å²) in [5, 5.41) is 2.54. The number of aromatic nitrogens is 1. The lowest BCUT2D eigenvalue weighted by Crippen LogP contribution is -2.28. The van der Waals surface area contributed by atoms with Crippen LogP contribution >= 0.6 is 11.6 Å². The van der Waals surface area contributed by atoms with Gasteiger partial charge in [-0.05, 0) is 13.0 Å². The summed E-state index contributed by atoms with van der Waals surface area (Å²) in [5.74, 6) is -1.04. The molecule has 0 unspecified atom stereocenters. The summed E-state index contributed by atoms with van der Waals surface area (Å²) >= 11 is 5.30. The minimum atomic E-state index is -0.574. The first-order valence-corrected chi connectivity index (χ1v) is 4.64. The van der Waals surface area contributed by atoms with Crippen LogP contribution in [-0.2, 0) is 4.79 Å². The highest BCUT2D eigenvalue weighted by Gasteiger charge is 2.12. The molecule has 0 saturated carbocycles. The lowest BCUT2D eigenvalue weighted by molar-refractivity contribution is -0.119. The van der Waals surface area contributed by atoms with E-state index in [-0.39, 0.29) is 11.8 Å². The minimum Gasteiger partial charge on any atom is -0.348 e. The third-order valence-electron chi connectivity index (χ3n) is 1.75. The summed E-state index contributed by atoms with van der Waals surface area (Å²) in [5.41, 5.74) is 0.353. The van der Waals surface area contributed by atoms with Crippen molar-refractivity contribution < 1.29 is 9.18 Å². The fourth-order valence-corrected chi connectivity index (χ4v) is 1.16. The Balaban J connectivity index is 2.74. The van der Waals surface area contributed by atoms with Crippen molar-refractivity contribution in [2.45, 2.75) is 13.0 Å². The van der Waals surface area contributed by atoms with Crippen LogP contribution in [0.2, 0.25) is 0 Å². The molecule has 0 aromatic carbocycles. The molecule has 0 aliphatic carbocycles. The number of rotatable bonds is 3. The van der Waals surface area contributed by atoms with Crippen LogP contribution in [-0.4, -0.2) is 16.8 Å². The fraction of sp³-hybridized carbons (Fsp3) is 0.333. The van der Waals surface area contributed by atoms with Crippen LogP contribution in [0, 0.1) is 5.95 Å². The summed E-state index contributed by atoms with van der Waals surface area (Å²) in [6.07, 6.45) is 1.36. The zero-order valence-electron chi connectivity index (χ0n) is 7.63. The molecule has 76 valence electrons. The second kappa shape index (κ2) is 4.91. The van der Waals surface area contributed by atoms with Gasteiger partial charge in [-0.2, -0.15) is 4.39 Å². The number of nitrogens with zero attached hydrogens (tertiary/aromatic N) is 1. The van der Waals surface area contributed by atoms with Crippen molar-refractivity contribution in [2.24, 2.45) is 0 Å². The number of halogens is 2. The summed E-state index contributed by atoms with van der Waals surface area (Å²) in [6, 6.07) is 2.76. The second-order valence-corrected chi connectivity index (χ2v) is 3.07. The lowest BCUT2D eigenvalue weighted by Gasteiger charge is -2.13. The van der Waals surface area contributed by atoms with Crippen molar-refractivity contribution in [1.82, 2.24) is 10.3 Å². The molecule has 1 aromatic heterocycles. The van der Waals surface area contributed by atoms with Crippen molar-refractivity contribution in [3.8, 4) is 0 Å². The molecule has 1 atom stereocenters. The summed E-state index contributed by atoms with van der Waals surface area (Å²) in [6.45, 7) is 1.67. The molecule has 1 N–H and O–H groups in total. The molecular formula is C9H10ClFN2O. The third-order valence-corrected chi connectivity index (χ3v) is 2.00. The highest BCUT2D eigenvalue weighted by molar-refractivity contribution is 6.27. The molecular weight excluding hydrogens is 207 g/mol. The van der Waals surface area contributed by atoms with E-state index in [4.69, 9.17) is 11.6 Å². The zero-order valence-corrected chi connectivity index (χ0v) is 8.38. The molecule has 0 bridgehead atoms. The summed E-state index contributed by atoms with van der Waals surface area (Å²) in [7, 11) is 0. The number of carbonyl (C=O) groups is 1. The monoisotopic (exact) mass is 216 g/mol. The number of hydrogen-bond donors (Lipinski definition) is 1. The lowest BCUT2D eigenvalue weighted by atomic mass is 10.1. The number of pyridine rings is 1. The van der Waals surface area contributed by atoms with Crippen molar-refractivity contribution in [3.63, 3.8) is 0 Å². The maximum Gasteiger partial charge on any atom is 0.235 e. The first-order valence-electron chi connectivity index (χ1n) is 4.11. The van der Waals surface area contributed by atoms with E-state index in [2.05, 4.69) is 10.3 Å². The van der Waals surface area contributed by atoms with E-state index in [9.17, 15) is 9.18 Å². The normalized spacial score (nSPS) is 12.2. The molecule has 0 fully saturated rings. The average Bonchev–Trinajstić information content (AvgIpc) is 2.18. The molecule has 0 radical (unpaired) electrons. The van der Waals surface area contributed by atoms with Crippen LogP contribution in [0.15, 0.2) is 18.3 Å². The molecule has 1 rings (SSSR count). The maximum atomic E-state index is 13.1. The minimum absolute atomic E-state index is 0.133. The Kier molecular flexibility index (Phi) is 3.83. The number of amides is 1. The standard InChI is InChI=1S/C9H10ClFN2O/c1-6(13-8(14)5-10)7-3-2-4-12-9(7)11/h2-4,6H,5H2,1H3,(H,13,14)/t6-/m1/s1. The van der Waals surface area contributed by atoms with E-state index in [0.717, 1.165) is 0 Å². The molecule has 5 heteroatoms. The van der Waals surface area contributed by atoms with Gasteiger partial charge in [-0.3, -0.25) is 4.79 Å². The highest BCUT2D eigenvalue weighted by atomic mass is 35.5.